The Morgan fingerprint density at radius 2 is 1.30 bits per heavy atom. The van der Waals surface area contributed by atoms with Gasteiger partial charge in [-0.2, -0.15) is 0 Å². The summed E-state index contributed by atoms with van der Waals surface area (Å²) in [5.74, 6) is -1.06. The smallest absolute Gasteiger partial charge is 0.326 e. The SMILES string of the molecule is CCCCCCCCC(=O)NCCCCCC(=O)NC(CCCC)C(=O)O. The number of carbonyl (C=O) groups excluding carboxylic acids is 2. The Morgan fingerprint density at radius 3 is 1.93 bits per heavy atom. The molecule has 0 aromatic carbocycles. The molecule has 0 aliphatic carbocycles. The van der Waals surface area contributed by atoms with Crippen molar-refractivity contribution in [2.75, 3.05) is 6.54 Å². The predicted molar refractivity (Wildman–Crippen MR) is 109 cm³/mol. The van der Waals surface area contributed by atoms with Crippen LogP contribution < -0.4 is 10.6 Å². The molecule has 0 heterocycles. The quantitative estimate of drug-likeness (QED) is 0.309. The van der Waals surface area contributed by atoms with Gasteiger partial charge < -0.3 is 15.7 Å². The van der Waals surface area contributed by atoms with E-state index in [1.165, 1.54) is 25.7 Å². The number of hydrogen-bond acceptors (Lipinski definition) is 3. The summed E-state index contributed by atoms with van der Waals surface area (Å²) < 4.78 is 0. The molecule has 0 spiro atoms. The van der Waals surface area contributed by atoms with Crippen LogP contribution in [0.15, 0.2) is 0 Å². The fourth-order valence-corrected chi connectivity index (χ4v) is 2.90. The Labute approximate surface area is 164 Å². The Bertz CT molecular complexity index is 413. The van der Waals surface area contributed by atoms with Crippen molar-refractivity contribution >= 4 is 17.8 Å². The molecule has 3 N–H and O–H groups in total. The maximum absolute atomic E-state index is 11.8. The van der Waals surface area contributed by atoms with Crippen LogP contribution >= 0.6 is 0 Å². The molecule has 0 aromatic heterocycles. The molecule has 0 radical (unpaired) electrons. The molecule has 6 nitrogen and oxygen atoms in total. The molecule has 0 aliphatic heterocycles. The number of carboxylic acids is 1. The normalized spacial score (nSPS) is 11.8. The summed E-state index contributed by atoms with van der Waals surface area (Å²) in [6.45, 7) is 4.83. The van der Waals surface area contributed by atoms with Gasteiger partial charge in [0.1, 0.15) is 6.04 Å². The third kappa shape index (κ3) is 16.3. The fourth-order valence-electron chi connectivity index (χ4n) is 2.90. The summed E-state index contributed by atoms with van der Waals surface area (Å²) in [6, 6.07) is -0.779. The van der Waals surface area contributed by atoms with E-state index in [-0.39, 0.29) is 11.8 Å². The monoisotopic (exact) mass is 384 g/mol. The number of hydrogen-bond donors (Lipinski definition) is 3. The summed E-state index contributed by atoms with van der Waals surface area (Å²) in [5, 5.41) is 14.6. The van der Waals surface area contributed by atoms with E-state index in [1.807, 2.05) is 6.92 Å². The van der Waals surface area contributed by atoms with Gasteiger partial charge in [0, 0.05) is 19.4 Å². The topological polar surface area (TPSA) is 95.5 Å². The van der Waals surface area contributed by atoms with E-state index >= 15 is 0 Å². The van der Waals surface area contributed by atoms with E-state index in [2.05, 4.69) is 17.6 Å². The lowest BCUT2D eigenvalue weighted by Gasteiger charge is -2.14. The minimum absolute atomic E-state index is 0.114. The van der Waals surface area contributed by atoms with Gasteiger partial charge in [0.05, 0.1) is 0 Å². The van der Waals surface area contributed by atoms with Gasteiger partial charge in [-0.1, -0.05) is 65.2 Å². The van der Waals surface area contributed by atoms with Crippen LogP contribution in [0.3, 0.4) is 0 Å². The fraction of sp³-hybridized carbons (Fsp3) is 0.857. The zero-order valence-electron chi connectivity index (χ0n) is 17.4. The molecule has 0 saturated heterocycles. The van der Waals surface area contributed by atoms with Crippen LogP contribution in [0, 0.1) is 0 Å². The van der Waals surface area contributed by atoms with Crippen LogP contribution in [-0.4, -0.2) is 35.5 Å². The highest BCUT2D eigenvalue weighted by atomic mass is 16.4. The molecule has 6 heteroatoms. The van der Waals surface area contributed by atoms with Crippen molar-refractivity contribution in [2.45, 2.75) is 110 Å². The van der Waals surface area contributed by atoms with Gasteiger partial charge in [0.25, 0.3) is 0 Å². The van der Waals surface area contributed by atoms with Crippen molar-refractivity contribution in [2.24, 2.45) is 0 Å². The molecular formula is C21H40N2O4. The van der Waals surface area contributed by atoms with E-state index in [0.717, 1.165) is 38.5 Å². The maximum Gasteiger partial charge on any atom is 0.326 e. The number of carboxylic acid groups (broad SMARTS) is 1. The lowest BCUT2D eigenvalue weighted by molar-refractivity contribution is -0.142. The van der Waals surface area contributed by atoms with Crippen molar-refractivity contribution in [3.8, 4) is 0 Å². The lowest BCUT2D eigenvalue weighted by atomic mass is 10.1. The summed E-state index contributed by atoms with van der Waals surface area (Å²) >= 11 is 0. The predicted octanol–water partition coefficient (Wildman–Crippen LogP) is 4.17. The number of carbonyl (C=O) groups is 3. The van der Waals surface area contributed by atoms with E-state index in [4.69, 9.17) is 5.11 Å². The first-order valence-electron chi connectivity index (χ1n) is 10.8. The first kappa shape index (κ1) is 25.4. The molecule has 1 atom stereocenters. The van der Waals surface area contributed by atoms with Crippen molar-refractivity contribution in [3.05, 3.63) is 0 Å². The zero-order valence-corrected chi connectivity index (χ0v) is 17.4. The minimum atomic E-state index is -0.968. The van der Waals surface area contributed by atoms with Gasteiger partial charge in [0.2, 0.25) is 11.8 Å². The molecule has 0 aromatic rings. The lowest BCUT2D eigenvalue weighted by Crippen LogP contribution is -2.40. The molecule has 0 rings (SSSR count). The summed E-state index contributed by atoms with van der Waals surface area (Å²) in [5.41, 5.74) is 0. The molecule has 2 amide bonds. The molecule has 0 bridgehead atoms. The summed E-state index contributed by atoms with van der Waals surface area (Å²) in [6.07, 6.45) is 12.6. The van der Waals surface area contributed by atoms with Crippen LogP contribution in [-0.2, 0) is 14.4 Å². The number of nitrogens with one attached hydrogen (secondary N) is 2. The van der Waals surface area contributed by atoms with E-state index < -0.39 is 12.0 Å². The number of unbranched alkanes of at least 4 members (excludes halogenated alkanes) is 8. The van der Waals surface area contributed by atoms with Gasteiger partial charge in [-0.3, -0.25) is 9.59 Å². The highest BCUT2D eigenvalue weighted by Gasteiger charge is 2.18. The van der Waals surface area contributed by atoms with Crippen LogP contribution in [0.4, 0.5) is 0 Å². The van der Waals surface area contributed by atoms with Crippen LogP contribution in [0.5, 0.6) is 0 Å². The second-order valence-corrected chi connectivity index (χ2v) is 7.28. The molecule has 1 unspecified atom stereocenters. The largest absolute Gasteiger partial charge is 0.480 e. The zero-order chi connectivity index (χ0) is 20.3. The number of aliphatic carboxylic acids is 1. The van der Waals surface area contributed by atoms with Crippen molar-refractivity contribution in [1.82, 2.24) is 10.6 Å². The Kier molecular flexibility index (Phi) is 16.8. The average molecular weight is 385 g/mol. The van der Waals surface area contributed by atoms with Gasteiger partial charge in [-0.05, 0) is 25.7 Å². The second kappa shape index (κ2) is 17.8. The van der Waals surface area contributed by atoms with Crippen molar-refractivity contribution in [3.63, 3.8) is 0 Å². The minimum Gasteiger partial charge on any atom is -0.480 e. The summed E-state index contributed by atoms with van der Waals surface area (Å²) in [4.78, 5) is 34.6. The first-order valence-corrected chi connectivity index (χ1v) is 10.8. The van der Waals surface area contributed by atoms with E-state index in [1.54, 1.807) is 0 Å². The van der Waals surface area contributed by atoms with Crippen molar-refractivity contribution < 1.29 is 19.5 Å². The Morgan fingerprint density at radius 1 is 0.741 bits per heavy atom. The second-order valence-electron chi connectivity index (χ2n) is 7.28. The molecule has 0 fully saturated rings. The van der Waals surface area contributed by atoms with Crippen molar-refractivity contribution in [1.29, 1.82) is 0 Å². The van der Waals surface area contributed by atoms with Gasteiger partial charge in [0.15, 0.2) is 0 Å². The third-order valence-corrected chi connectivity index (χ3v) is 4.64. The van der Waals surface area contributed by atoms with Crippen LogP contribution in [0.2, 0.25) is 0 Å². The number of rotatable bonds is 18. The Hall–Kier alpha value is -1.59. The Balaban J connectivity index is 3.60. The maximum atomic E-state index is 11.8. The van der Waals surface area contributed by atoms with Gasteiger partial charge in [-0.15, -0.1) is 0 Å². The van der Waals surface area contributed by atoms with E-state index in [0.29, 0.717) is 32.2 Å². The van der Waals surface area contributed by atoms with E-state index in [9.17, 15) is 14.4 Å². The highest BCUT2D eigenvalue weighted by molar-refractivity contribution is 5.83. The standard InChI is InChI=1S/C21H40N2O4/c1-3-5-7-8-9-11-15-19(24)22-17-13-10-12-16-20(25)23-18(21(26)27)14-6-4-2/h18H,3-17H2,1-2H3,(H,22,24)(H,23,25)(H,26,27). The molecule has 0 saturated carbocycles. The first-order chi connectivity index (χ1) is 13.0. The molecule has 0 aliphatic rings. The number of amides is 2. The summed E-state index contributed by atoms with van der Waals surface area (Å²) in [7, 11) is 0. The van der Waals surface area contributed by atoms with Crippen LogP contribution in [0.1, 0.15) is 104 Å². The average Bonchev–Trinajstić information content (AvgIpc) is 2.64. The van der Waals surface area contributed by atoms with Crippen LogP contribution in [0.25, 0.3) is 0 Å². The van der Waals surface area contributed by atoms with Gasteiger partial charge in [-0.25, -0.2) is 4.79 Å². The molecule has 158 valence electrons. The molecular weight excluding hydrogens is 344 g/mol. The highest BCUT2D eigenvalue weighted by Crippen LogP contribution is 2.07. The molecule has 27 heavy (non-hydrogen) atoms. The third-order valence-electron chi connectivity index (χ3n) is 4.64. The van der Waals surface area contributed by atoms with Gasteiger partial charge >= 0.3 is 5.97 Å².